The molecule has 0 bridgehead atoms. The Hall–Kier alpha value is -7.19. The highest BCUT2D eigenvalue weighted by molar-refractivity contribution is 6.98. The summed E-state index contributed by atoms with van der Waals surface area (Å²) in [6.45, 7) is -0.0784. The smallest absolute Gasteiger partial charge is 0.260 e. The van der Waals surface area contributed by atoms with E-state index in [1.165, 1.54) is 0 Å². The van der Waals surface area contributed by atoms with Gasteiger partial charge in [0.1, 0.15) is 23.0 Å². The summed E-state index contributed by atoms with van der Waals surface area (Å²) in [5, 5.41) is 4.52. The van der Waals surface area contributed by atoms with Gasteiger partial charge in [0.2, 0.25) is 11.9 Å². The van der Waals surface area contributed by atoms with E-state index in [2.05, 4.69) is 130 Å². The Balaban J connectivity index is 1.18. The van der Waals surface area contributed by atoms with Crippen LogP contribution in [0.25, 0.3) is 66.9 Å². The van der Waals surface area contributed by atoms with Gasteiger partial charge in [0.25, 0.3) is 6.71 Å². The summed E-state index contributed by atoms with van der Waals surface area (Å²) in [7, 11) is 0. The molecule has 0 saturated carbocycles. The van der Waals surface area contributed by atoms with Crippen molar-refractivity contribution >= 4 is 66.7 Å². The summed E-state index contributed by atoms with van der Waals surface area (Å²) in [5.41, 5.74) is 7.99. The fraction of sp³-hybridized carbons (Fsp3) is 0. The average Bonchev–Trinajstić information content (AvgIpc) is 3.74. The number of rotatable bonds is 3. The number of para-hydroxylation sites is 6. The minimum Gasteiger partial charge on any atom is -0.458 e. The van der Waals surface area contributed by atoms with Crippen LogP contribution in [0.15, 0.2) is 158 Å². The van der Waals surface area contributed by atoms with E-state index in [1.807, 2.05) is 36.4 Å². The third kappa shape index (κ3) is 3.97. The maximum atomic E-state index is 6.87. The van der Waals surface area contributed by atoms with Gasteiger partial charge in [-0.3, -0.25) is 9.13 Å². The lowest BCUT2D eigenvalue weighted by atomic mass is 9.34. The van der Waals surface area contributed by atoms with Crippen LogP contribution in [-0.4, -0.2) is 30.8 Å². The Kier molecular flexibility index (Phi) is 5.74. The molecule has 0 saturated heterocycles. The topological polar surface area (TPSA) is 67.0 Å². The molecule has 0 amide bonds. The lowest BCUT2D eigenvalue weighted by Gasteiger charge is -2.33. The van der Waals surface area contributed by atoms with Crippen molar-refractivity contribution in [2.45, 2.75) is 0 Å². The second-order valence-electron chi connectivity index (χ2n) is 13.6. The highest BCUT2D eigenvalue weighted by atomic mass is 16.5. The standard InChI is InChI=1S/C45H26BN5O2/c1-7-19-34-27(13-1)28-14-2-8-20-35(28)50(34)44-47-43(48-45(49-44)51-36-21-9-3-15-29(36)30-16-4-10-22-37(30)51)31-25-26-40-41-42(31)53-39-24-12-6-18-33(39)46(41)32-17-5-11-23-38(32)52-40/h1-26H. The second-order valence-corrected chi connectivity index (χ2v) is 13.6. The van der Waals surface area contributed by atoms with E-state index in [9.17, 15) is 0 Å². The molecule has 7 aromatic carbocycles. The van der Waals surface area contributed by atoms with E-state index in [1.54, 1.807) is 0 Å². The number of fused-ring (bicyclic) bond motifs is 10. The van der Waals surface area contributed by atoms with Crippen molar-refractivity contribution in [3.63, 3.8) is 0 Å². The van der Waals surface area contributed by atoms with Crippen molar-refractivity contribution in [1.82, 2.24) is 24.1 Å². The van der Waals surface area contributed by atoms with Crippen LogP contribution in [0, 0.1) is 0 Å². The molecule has 0 spiro atoms. The summed E-state index contributed by atoms with van der Waals surface area (Å²) < 4.78 is 17.7. The van der Waals surface area contributed by atoms with Crippen molar-refractivity contribution in [3.05, 3.63) is 158 Å². The molecule has 0 atom stereocenters. The van der Waals surface area contributed by atoms with Crippen molar-refractivity contribution in [2.24, 2.45) is 0 Å². The molecule has 12 rings (SSSR count). The molecule has 2 aliphatic rings. The Bertz CT molecular complexity index is 2920. The lowest BCUT2D eigenvalue weighted by Crippen LogP contribution is -2.57. The minimum absolute atomic E-state index is 0.0784. The van der Waals surface area contributed by atoms with Gasteiger partial charge in [-0.05, 0) is 59.5 Å². The zero-order valence-electron chi connectivity index (χ0n) is 28.1. The third-order valence-corrected chi connectivity index (χ3v) is 10.7. The van der Waals surface area contributed by atoms with E-state index < -0.39 is 0 Å². The number of benzene rings is 7. The van der Waals surface area contributed by atoms with Crippen LogP contribution in [0.3, 0.4) is 0 Å². The van der Waals surface area contributed by atoms with Crippen LogP contribution in [0.4, 0.5) is 0 Å². The van der Waals surface area contributed by atoms with Crippen LogP contribution in [0.5, 0.6) is 23.0 Å². The summed E-state index contributed by atoms with van der Waals surface area (Å²) in [6, 6.07) is 54.2. The lowest BCUT2D eigenvalue weighted by molar-refractivity contribution is 0.465. The zero-order valence-corrected chi connectivity index (χ0v) is 28.1. The predicted octanol–water partition coefficient (Wildman–Crippen LogP) is 8.46. The quantitative estimate of drug-likeness (QED) is 0.175. The number of hydrogen-bond donors (Lipinski definition) is 0. The molecule has 8 heteroatoms. The predicted molar refractivity (Wildman–Crippen MR) is 212 cm³/mol. The van der Waals surface area contributed by atoms with Crippen molar-refractivity contribution in [1.29, 1.82) is 0 Å². The second kappa shape index (κ2) is 10.7. The maximum Gasteiger partial charge on any atom is 0.260 e. The Labute approximate surface area is 303 Å². The number of ether oxygens (including phenoxy) is 2. The van der Waals surface area contributed by atoms with E-state index in [0.717, 1.165) is 82.8 Å². The average molecular weight is 680 g/mol. The first-order chi connectivity index (χ1) is 26.3. The molecule has 0 radical (unpaired) electrons. The first kappa shape index (κ1) is 28.5. The van der Waals surface area contributed by atoms with Crippen LogP contribution in [0.2, 0.25) is 0 Å². The van der Waals surface area contributed by atoms with E-state index in [0.29, 0.717) is 23.5 Å². The molecule has 5 heterocycles. The van der Waals surface area contributed by atoms with Gasteiger partial charge in [-0.2, -0.15) is 15.0 Å². The molecule has 0 fully saturated rings. The van der Waals surface area contributed by atoms with Gasteiger partial charge in [-0.25, -0.2) is 0 Å². The minimum atomic E-state index is -0.0784. The van der Waals surface area contributed by atoms with Gasteiger partial charge < -0.3 is 9.47 Å². The fourth-order valence-corrected chi connectivity index (χ4v) is 8.51. The highest BCUT2D eigenvalue weighted by Crippen LogP contribution is 2.41. The van der Waals surface area contributed by atoms with Crippen LogP contribution >= 0.6 is 0 Å². The summed E-state index contributed by atoms with van der Waals surface area (Å²) in [5.74, 6) is 4.65. The summed E-state index contributed by atoms with van der Waals surface area (Å²) >= 11 is 0. The van der Waals surface area contributed by atoms with Gasteiger partial charge in [0.05, 0.1) is 27.6 Å². The Morgan fingerprint density at radius 3 is 1.34 bits per heavy atom. The largest absolute Gasteiger partial charge is 0.458 e. The molecule has 0 unspecified atom stereocenters. The monoisotopic (exact) mass is 679 g/mol. The Morgan fingerprint density at radius 2 is 0.830 bits per heavy atom. The van der Waals surface area contributed by atoms with E-state index >= 15 is 0 Å². The fourth-order valence-electron chi connectivity index (χ4n) is 8.51. The molecule has 7 nitrogen and oxygen atoms in total. The van der Waals surface area contributed by atoms with E-state index in [4.69, 9.17) is 24.4 Å². The SMILES string of the molecule is c1ccc2c(c1)Oc1ccc(-c3nc(-n4c5ccccc5c5ccccc54)nc(-n4c5ccccc5c5ccccc54)n3)c3c1B2c1ccccc1O3. The molecule has 2 aliphatic heterocycles. The molecule has 0 aliphatic carbocycles. The number of aromatic nitrogens is 5. The van der Waals surface area contributed by atoms with Gasteiger partial charge in [0, 0.05) is 27.0 Å². The van der Waals surface area contributed by atoms with Gasteiger partial charge in [0.15, 0.2) is 5.82 Å². The highest BCUT2D eigenvalue weighted by Gasteiger charge is 2.41. The molecule has 53 heavy (non-hydrogen) atoms. The normalized spacial score (nSPS) is 12.8. The molecule has 0 N–H and O–H groups in total. The summed E-state index contributed by atoms with van der Waals surface area (Å²) in [4.78, 5) is 16.0. The first-order valence-corrected chi connectivity index (χ1v) is 17.7. The molecule has 3 aromatic heterocycles. The maximum absolute atomic E-state index is 6.87. The number of hydrogen-bond acceptors (Lipinski definition) is 5. The first-order valence-electron chi connectivity index (χ1n) is 17.7. The zero-order chi connectivity index (χ0) is 34.6. The van der Waals surface area contributed by atoms with Gasteiger partial charge in [-0.15, -0.1) is 0 Å². The third-order valence-electron chi connectivity index (χ3n) is 10.7. The van der Waals surface area contributed by atoms with E-state index in [-0.39, 0.29) is 6.71 Å². The molecule has 10 aromatic rings. The molecule has 246 valence electrons. The molecular weight excluding hydrogens is 653 g/mol. The van der Waals surface area contributed by atoms with Crippen LogP contribution in [0.1, 0.15) is 0 Å². The summed E-state index contributed by atoms with van der Waals surface area (Å²) in [6.07, 6.45) is 0. The van der Waals surface area contributed by atoms with Crippen molar-refractivity contribution < 1.29 is 9.47 Å². The molecular formula is C45H26BN5O2. The van der Waals surface area contributed by atoms with Crippen molar-refractivity contribution in [3.8, 4) is 46.3 Å². The van der Waals surface area contributed by atoms with Gasteiger partial charge >= 0.3 is 0 Å². The van der Waals surface area contributed by atoms with Gasteiger partial charge in [-0.1, -0.05) is 109 Å². The van der Waals surface area contributed by atoms with Crippen molar-refractivity contribution in [2.75, 3.05) is 0 Å². The number of nitrogens with zero attached hydrogens (tertiary/aromatic N) is 5. The Morgan fingerprint density at radius 1 is 0.396 bits per heavy atom. The van der Waals surface area contributed by atoms with Crippen LogP contribution < -0.4 is 25.9 Å². The van der Waals surface area contributed by atoms with Crippen LogP contribution in [-0.2, 0) is 0 Å².